The van der Waals surface area contributed by atoms with Crippen molar-refractivity contribution in [1.29, 1.82) is 0 Å². The van der Waals surface area contributed by atoms with Crippen molar-refractivity contribution in [3.63, 3.8) is 0 Å². The summed E-state index contributed by atoms with van der Waals surface area (Å²) in [7, 11) is 0. The van der Waals surface area contributed by atoms with Crippen LogP contribution in [0.5, 0.6) is 0 Å². The lowest BCUT2D eigenvalue weighted by atomic mass is 9.51. The van der Waals surface area contributed by atoms with Gasteiger partial charge >= 0.3 is 0 Å². The number of benzene rings is 6. The zero-order valence-electron chi connectivity index (χ0n) is 21.8. The molecule has 0 atom stereocenters. The molecule has 0 radical (unpaired) electrons. The van der Waals surface area contributed by atoms with Gasteiger partial charge in [0.15, 0.2) is 0 Å². The first-order chi connectivity index (χ1) is 19.3. The van der Waals surface area contributed by atoms with Crippen LogP contribution in [0.1, 0.15) is 50.1 Å². The van der Waals surface area contributed by atoms with E-state index < -0.39 is 0 Å². The molecule has 6 aromatic carbocycles. The van der Waals surface area contributed by atoms with E-state index in [0.717, 1.165) is 0 Å². The molecule has 0 fully saturated rings. The maximum absolute atomic E-state index is 2.42. The highest BCUT2D eigenvalue weighted by molar-refractivity contribution is 5.93. The highest BCUT2D eigenvalue weighted by atomic mass is 14.6. The number of rotatable bonds is 0. The molecule has 3 aliphatic carbocycles. The first kappa shape index (κ1) is 21.3. The Hall–Kier alpha value is -4.68. The molecule has 0 saturated heterocycles. The molecule has 2 spiro atoms. The van der Waals surface area contributed by atoms with Crippen molar-refractivity contribution >= 4 is 0 Å². The largest absolute Gasteiger partial charge is 0.0722 e. The van der Waals surface area contributed by atoms with E-state index in [-0.39, 0.29) is 10.8 Å². The second kappa shape index (κ2) is 7.24. The molecule has 0 bridgehead atoms. The Bertz CT molecular complexity index is 1900. The topological polar surface area (TPSA) is 0 Å². The lowest BCUT2D eigenvalue weighted by Gasteiger charge is -2.49. The van der Waals surface area contributed by atoms with Gasteiger partial charge in [0.1, 0.15) is 0 Å². The molecule has 0 amide bonds. The molecule has 0 heterocycles. The van der Waals surface area contributed by atoms with Gasteiger partial charge in [0.25, 0.3) is 0 Å². The zero-order chi connectivity index (χ0) is 25.8. The van der Waals surface area contributed by atoms with E-state index in [1.807, 2.05) is 0 Å². The molecule has 0 saturated carbocycles. The minimum Gasteiger partial charge on any atom is -0.0619 e. The monoisotopic (exact) mass is 494 g/mol. The molecular weight excluding hydrogens is 468 g/mol. The van der Waals surface area contributed by atoms with Gasteiger partial charge in [0.05, 0.1) is 10.8 Å². The van der Waals surface area contributed by atoms with Crippen LogP contribution in [0, 0.1) is 6.92 Å². The van der Waals surface area contributed by atoms with Crippen LogP contribution in [-0.2, 0) is 10.8 Å². The predicted molar refractivity (Wildman–Crippen MR) is 159 cm³/mol. The van der Waals surface area contributed by atoms with Crippen LogP contribution in [0.25, 0.3) is 22.3 Å². The number of aryl methyl sites for hydroxylation is 1. The molecule has 0 aliphatic heterocycles. The number of hydrogen-bond acceptors (Lipinski definition) is 0. The average Bonchev–Trinajstić information content (AvgIpc) is 3.46. The van der Waals surface area contributed by atoms with Gasteiger partial charge in [-0.2, -0.15) is 0 Å². The van der Waals surface area contributed by atoms with E-state index in [4.69, 9.17) is 0 Å². The van der Waals surface area contributed by atoms with Crippen molar-refractivity contribution in [3.8, 4) is 22.3 Å². The summed E-state index contributed by atoms with van der Waals surface area (Å²) in [6, 6.07) is 52.7. The van der Waals surface area contributed by atoms with Gasteiger partial charge in [0.2, 0.25) is 0 Å². The van der Waals surface area contributed by atoms with Gasteiger partial charge in [-0.05, 0) is 79.2 Å². The number of hydrogen-bond donors (Lipinski definition) is 0. The zero-order valence-corrected chi connectivity index (χ0v) is 21.8. The SMILES string of the molecule is Cc1cccc2c1C1(c3ccccc3-c3ccccc31)c1ccccc1C21c2ccccc2-c2ccccc21. The van der Waals surface area contributed by atoms with E-state index in [9.17, 15) is 0 Å². The number of fused-ring (bicyclic) bond motifs is 16. The molecule has 0 aromatic heterocycles. The summed E-state index contributed by atoms with van der Waals surface area (Å²) in [6.45, 7) is 2.32. The maximum Gasteiger partial charge on any atom is 0.0722 e. The van der Waals surface area contributed by atoms with Gasteiger partial charge in [0, 0.05) is 0 Å². The summed E-state index contributed by atoms with van der Waals surface area (Å²) >= 11 is 0. The first-order valence-corrected chi connectivity index (χ1v) is 13.9. The molecule has 39 heavy (non-hydrogen) atoms. The fraction of sp³-hybridized carbons (Fsp3) is 0.0769. The fourth-order valence-electron chi connectivity index (χ4n) is 8.50. The highest BCUT2D eigenvalue weighted by Gasteiger charge is 2.59. The first-order valence-electron chi connectivity index (χ1n) is 13.9. The molecule has 6 aromatic rings. The van der Waals surface area contributed by atoms with Crippen LogP contribution in [0.4, 0.5) is 0 Å². The van der Waals surface area contributed by atoms with Gasteiger partial charge in [-0.1, -0.05) is 140 Å². The standard InChI is InChI=1S/C39H26/c1-25-13-12-24-36-37(25)39(32-20-8-4-16-28(32)29-17-5-9-21-33(29)39)35-23-11-10-22-34(35)38(36)30-18-6-2-14-26(30)27-15-3-7-19-31(27)38/h2-24H,1H3. The summed E-state index contributed by atoms with van der Waals surface area (Å²) < 4.78 is 0. The smallest absolute Gasteiger partial charge is 0.0619 e. The van der Waals surface area contributed by atoms with E-state index in [2.05, 4.69) is 146 Å². The van der Waals surface area contributed by atoms with E-state index in [1.54, 1.807) is 0 Å². The Morgan fingerprint density at radius 3 is 1.10 bits per heavy atom. The van der Waals surface area contributed by atoms with Gasteiger partial charge < -0.3 is 0 Å². The quantitative estimate of drug-likeness (QED) is 0.197. The summed E-state index contributed by atoms with van der Waals surface area (Å²) in [5, 5.41) is 0. The van der Waals surface area contributed by atoms with Crippen LogP contribution < -0.4 is 0 Å². The van der Waals surface area contributed by atoms with Crippen LogP contribution >= 0.6 is 0 Å². The molecule has 0 unspecified atom stereocenters. The van der Waals surface area contributed by atoms with E-state index in [0.29, 0.717) is 0 Å². The van der Waals surface area contributed by atoms with Gasteiger partial charge in [-0.3, -0.25) is 0 Å². The Balaban J connectivity index is 1.56. The molecule has 9 rings (SSSR count). The Kier molecular flexibility index (Phi) is 3.95. The lowest BCUT2D eigenvalue weighted by molar-refractivity contribution is 0.629. The van der Waals surface area contributed by atoms with Crippen molar-refractivity contribution in [3.05, 3.63) is 190 Å². The van der Waals surface area contributed by atoms with E-state index >= 15 is 0 Å². The lowest BCUT2D eigenvalue weighted by Crippen LogP contribution is -2.44. The third-order valence-electron chi connectivity index (χ3n) is 9.69. The minimum atomic E-state index is -0.373. The summed E-state index contributed by atoms with van der Waals surface area (Å²) in [4.78, 5) is 0. The minimum absolute atomic E-state index is 0.372. The van der Waals surface area contributed by atoms with Crippen LogP contribution in [-0.4, -0.2) is 0 Å². The van der Waals surface area contributed by atoms with Gasteiger partial charge in [-0.15, -0.1) is 0 Å². The Morgan fingerprint density at radius 2 is 0.641 bits per heavy atom. The third kappa shape index (κ3) is 2.26. The fourth-order valence-corrected chi connectivity index (χ4v) is 8.50. The third-order valence-corrected chi connectivity index (χ3v) is 9.69. The summed E-state index contributed by atoms with van der Waals surface area (Å²) in [5.74, 6) is 0. The van der Waals surface area contributed by atoms with Crippen LogP contribution in [0.2, 0.25) is 0 Å². The van der Waals surface area contributed by atoms with Crippen molar-refractivity contribution < 1.29 is 0 Å². The van der Waals surface area contributed by atoms with Crippen molar-refractivity contribution in [2.45, 2.75) is 17.8 Å². The maximum atomic E-state index is 2.42. The van der Waals surface area contributed by atoms with Crippen molar-refractivity contribution in [2.75, 3.05) is 0 Å². The van der Waals surface area contributed by atoms with Crippen molar-refractivity contribution in [1.82, 2.24) is 0 Å². The second-order valence-corrected chi connectivity index (χ2v) is 11.2. The molecule has 0 nitrogen and oxygen atoms in total. The molecule has 0 N–H and O–H groups in total. The van der Waals surface area contributed by atoms with Gasteiger partial charge in [-0.25, -0.2) is 0 Å². The summed E-state index contributed by atoms with van der Waals surface area (Å²) in [6.07, 6.45) is 0. The predicted octanol–water partition coefficient (Wildman–Crippen LogP) is 9.03. The van der Waals surface area contributed by atoms with Crippen LogP contribution in [0.15, 0.2) is 140 Å². The average molecular weight is 495 g/mol. The molecule has 0 heteroatoms. The Morgan fingerprint density at radius 1 is 0.308 bits per heavy atom. The molecular formula is C39H26. The van der Waals surface area contributed by atoms with Crippen molar-refractivity contribution in [2.24, 2.45) is 0 Å². The van der Waals surface area contributed by atoms with E-state index in [1.165, 1.54) is 72.3 Å². The highest BCUT2D eigenvalue weighted by Crippen LogP contribution is 2.67. The second-order valence-electron chi connectivity index (χ2n) is 11.2. The molecule has 3 aliphatic rings. The summed E-state index contributed by atoms with van der Waals surface area (Å²) in [5.41, 5.74) is 17.2. The Labute approximate surface area is 229 Å². The molecule has 182 valence electrons. The van der Waals surface area contributed by atoms with Crippen LogP contribution in [0.3, 0.4) is 0 Å². The normalized spacial score (nSPS) is 15.7.